The fourth-order valence-corrected chi connectivity index (χ4v) is 1.61. The summed E-state index contributed by atoms with van der Waals surface area (Å²) in [5.41, 5.74) is 1.55. The average Bonchev–Trinajstić information content (AvgIpc) is 2.37. The summed E-state index contributed by atoms with van der Waals surface area (Å²) in [7, 11) is 0. The molecule has 0 spiro atoms. The van der Waals surface area contributed by atoms with E-state index in [0.29, 0.717) is 5.56 Å². The molecule has 0 aliphatic carbocycles. The Kier molecular flexibility index (Phi) is 3.79. The number of pyridine rings is 1. The predicted octanol–water partition coefficient (Wildman–Crippen LogP) is 1.35. The summed E-state index contributed by atoms with van der Waals surface area (Å²) >= 11 is 0. The van der Waals surface area contributed by atoms with E-state index in [9.17, 15) is 9.18 Å². The van der Waals surface area contributed by atoms with Crippen LogP contribution in [0.15, 0.2) is 30.7 Å². The largest absolute Gasteiger partial charge is 0.481 e. The minimum Gasteiger partial charge on any atom is -0.481 e. The molecule has 0 aromatic carbocycles. The molecular weight excluding hydrogens is 249 g/mol. The van der Waals surface area contributed by atoms with E-state index in [1.54, 1.807) is 25.4 Å². The van der Waals surface area contributed by atoms with Gasteiger partial charge in [0.25, 0.3) is 0 Å². The van der Waals surface area contributed by atoms with Crippen molar-refractivity contribution in [3.05, 3.63) is 42.1 Å². The van der Waals surface area contributed by atoms with Crippen LogP contribution in [0.2, 0.25) is 0 Å². The molecule has 0 radical (unpaired) electrons. The third-order valence-electron chi connectivity index (χ3n) is 2.58. The first-order valence-electron chi connectivity index (χ1n) is 5.76. The van der Waals surface area contributed by atoms with Gasteiger partial charge in [-0.3, -0.25) is 9.78 Å². The third kappa shape index (κ3) is 3.31. The molecule has 6 heteroatoms. The highest BCUT2D eigenvalue weighted by molar-refractivity contribution is 5.66. The van der Waals surface area contributed by atoms with Crippen molar-refractivity contribution >= 4 is 5.97 Å². The molecule has 0 bridgehead atoms. The maximum Gasteiger partial charge on any atom is 0.309 e. The van der Waals surface area contributed by atoms with Crippen LogP contribution in [0, 0.1) is 12.7 Å². The van der Waals surface area contributed by atoms with Gasteiger partial charge in [0.2, 0.25) is 0 Å². The van der Waals surface area contributed by atoms with Crippen LogP contribution in [0.3, 0.4) is 0 Å². The Hall–Kier alpha value is -2.37. The summed E-state index contributed by atoms with van der Waals surface area (Å²) in [5, 5.41) is 12.6. The van der Waals surface area contributed by atoms with Gasteiger partial charge in [-0.2, -0.15) is 0 Å². The molecule has 0 fully saturated rings. The van der Waals surface area contributed by atoms with Crippen LogP contribution in [0.4, 0.5) is 4.39 Å². The molecule has 2 heterocycles. The number of aryl methyl sites for hydroxylation is 2. The number of hydrogen-bond acceptors (Lipinski definition) is 3. The van der Waals surface area contributed by atoms with Gasteiger partial charge in [0.15, 0.2) is 12.7 Å². The Bertz CT molecular complexity index is 599. The van der Waals surface area contributed by atoms with Gasteiger partial charge in [0, 0.05) is 17.8 Å². The highest BCUT2D eigenvalue weighted by Gasteiger charge is 2.11. The van der Waals surface area contributed by atoms with Crippen LogP contribution in [-0.2, 0) is 11.3 Å². The first kappa shape index (κ1) is 13.1. The molecular formula is C13H13FN3O2+. The quantitative estimate of drug-likeness (QED) is 0.845. The molecule has 2 aromatic heterocycles. The van der Waals surface area contributed by atoms with E-state index in [2.05, 4.69) is 10.1 Å². The molecule has 0 atom stereocenters. The van der Waals surface area contributed by atoms with Crippen molar-refractivity contribution in [2.45, 2.75) is 19.9 Å². The minimum atomic E-state index is -0.885. The number of hydrogen-bond donors (Lipinski definition) is 1. The van der Waals surface area contributed by atoms with Gasteiger partial charge >= 0.3 is 5.97 Å². The number of aliphatic carboxylic acids is 1. The smallest absolute Gasteiger partial charge is 0.309 e. The van der Waals surface area contributed by atoms with Crippen molar-refractivity contribution in [2.75, 3.05) is 0 Å². The highest BCUT2D eigenvalue weighted by atomic mass is 19.1. The van der Waals surface area contributed by atoms with Crippen LogP contribution >= 0.6 is 0 Å². The van der Waals surface area contributed by atoms with Gasteiger partial charge in [0.05, 0.1) is 0 Å². The van der Waals surface area contributed by atoms with E-state index in [0.717, 1.165) is 5.56 Å². The van der Waals surface area contributed by atoms with Crippen LogP contribution in [0.25, 0.3) is 11.3 Å². The second-order valence-electron chi connectivity index (χ2n) is 4.17. The van der Waals surface area contributed by atoms with Gasteiger partial charge in [-0.25, -0.2) is 4.39 Å². The van der Waals surface area contributed by atoms with Gasteiger partial charge in [-0.15, -0.1) is 0 Å². The summed E-state index contributed by atoms with van der Waals surface area (Å²) in [6.07, 6.45) is 4.67. The maximum atomic E-state index is 13.7. The Morgan fingerprint density at radius 1 is 1.47 bits per heavy atom. The van der Waals surface area contributed by atoms with Gasteiger partial charge < -0.3 is 5.11 Å². The molecule has 5 nitrogen and oxygen atoms in total. The number of aromatic nitrogens is 3. The molecule has 0 amide bonds. The predicted molar refractivity (Wildman–Crippen MR) is 64.6 cm³/mol. The lowest BCUT2D eigenvalue weighted by molar-refractivity contribution is -0.752. The topological polar surface area (TPSA) is 67.0 Å². The molecule has 0 aliphatic rings. The van der Waals surface area contributed by atoms with Gasteiger partial charge in [-0.05, 0) is 23.7 Å². The molecule has 0 aliphatic heterocycles. The molecule has 0 saturated carbocycles. The maximum absolute atomic E-state index is 13.7. The van der Waals surface area contributed by atoms with Gasteiger partial charge in [0.1, 0.15) is 24.1 Å². The number of nitrogens with zero attached hydrogens (tertiary/aromatic N) is 3. The van der Waals surface area contributed by atoms with Crippen LogP contribution in [-0.4, -0.2) is 21.2 Å². The normalized spacial score (nSPS) is 10.4. The molecule has 19 heavy (non-hydrogen) atoms. The lowest BCUT2D eigenvalue weighted by Gasteiger charge is -2.01. The monoisotopic (exact) mass is 262 g/mol. The molecule has 98 valence electrons. The van der Waals surface area contributed by atoms with E-state index < -0.39 is 11.8 Å². The van der Waals surface area contributed by atoms with Crippen molar-refractivity contribution in [2.24, 2.45) is 0 Å². The first-order valence-corrected chi connectivity index (χ1v) is 5.76. The van der Waals surface area contributed by atoms with E-state index in [-0.39, 0.29) is 18.7 Å². The Morgan fingerprint density at radius 3 is 2.84 bits per heavy atom. The van der Waals surface area contributed by atoms with Crippen LogP contribution < -0.4 is 4.68 Å². The SMILES string of the molecule is Cc1cnc(-c2cc[n+](CCC(=O)O)nc2)c(F)c1. The van der Waals surface area contributed by atoms with Crippen LogP contribution in [0.5, 0.6) is 0 Å². The third-order valence-corrected chi connectivity index (χ3v) is 2.58. The molecule has 0 unspecified atom stereocenters. The number of carbonyl (C=O) groups is 1. The molecule has 2 rings (SSSR count). The first-order chi connectivity index (χ1) is 9.06. The van der Waals surface area contributed by atoms with Crippen molar-refractivity contribution in [1.82, 2.24) is 10.1 Å². The van der Waals surface area contributed by atoms with E-state index in [4.69, 9.17) is 5.11 Å². The summed E-state index contributed by atoms with van der Waals surface area (Å²) in [6.45, 7) is 2.04. The Morgan fingerprint density at radius 2 is 2.26 bits per heavy atom. The highest BCUT2D eigenvalue weighted by Crippen LogP contribution is 2.18. The number of carboxylic acid groups (broad SMARTS) is 1. The standard InChI is InChI=1S/C13H12FN3O2/c1-9-6-11(14)13(15-7-9)10-2-4-17(16-8-10)5-3-12(18)19/h2,4,6-8H,3,5H2,1H3/p+1. The summed E-state index contributed by atoms with van der Waals surface area (Å²) in [4.78, 5) is 14.5. The fourth-order valence-electron chi connectivity index (χ4n) is 1.61. The van der Waals surface area contributed by atoms with Crippen LogP contribution in [0.1, 0.15) is 12.0 Å². The van der Waals surface area contributed by atoms with E-state index >= 15 is 0 Å². The second kappa shape index (κ2) is 5.51. The fraction of sp³-hybridized carbons (Fsp3) is 0.231. The Balaban J connectivity index is 2.20. The average molecular weight is 262 g/mol. The summed E-state index contributed by atoms with van der Waals surface area (Å²) in [5.74, 6) is -1.28. The van der Waals surface area contributed by atoms with E-state index in [1.807, 2.05) is 0 Å². The zero-order valence-corrected chi connectivity index (χ0v) is 10.4. The zero-order valence-electron chi connectivity index (χ0n) is 10.4. The summed E-state index contributed by atoms with van der Waals surface area (Å²) in [6, 6.07) is 3.07. The van der Waals surface area contributed by atoms with Crippen molar-refractivity contribution in [3.63, 3.8) is 0 Å². The number of halogens is 1. The molecule has 1 N–H and O–H groups in total. The van der Waals surface area contributed by atoms with Crippen molar-refractivity contribution < 1.29 is 19.0 Å². The number of rotatable bonds is 4. The van der Waals surface area contributed by atoms with Gasteiger partial charge in [-0.1, -0.05) is 4.68 Å². The number of carboxylic acids is 1. The Labute approximate surface area is 109 Å². The molecule has 0 saturated heterocycles. The lowest BCUT2D eigenvalue weighted by atomic mass is 10.2. The zero-order chi connectivity index (χ0) is 13.8. The van der Waals surface area contributed by atoms with Crippen molar-refractivity contribution in [3.8, 4) is 11.3 Å². The lowest BCUT2D eigenvalue weighted by Crippen LogP contribution is -2.38. The summed E-state index contributed by atoms with van der Waals surface area (Å²) < 4.78 is 15.2. The van der Waals surface area contributed by atoms with Crippen molar-refractivity contribution in [1.29, 1.82) is 0 Å². The second-order valence-corrected chi connectivity index (χ2v) is 4.17. The minimum absolute atomic E-state index is 0.00580. The molecule has 2 aromatic rings. The van der Waals surface area contributed by atoms with E-state index in [1.165, 1.54) is 16.9 Å².